The number of thioether (sulfide) groups is 1. The van der Waals surface area contributed by atoms with Gasteiger partial charge in [0.05, 0.1) is 16.4 Å². The maximum atomic E-state index is 13.1. The van der Waals surface area contributed by atoms with Crippen molar-refractivity contribution in [1.82, 2.24) is 10.4 Å². The van der Waals surface area contributed by atoms with E-state index in [0.717, 1.165) is 22.3 Å². The van der Waals surface area contributed by atoms with E-state index in [4.69, 9.17) is 21.7 Å². The average Bonchev–Trinajstić information content (AvgIpc) is 3.45. The highest BCUT2D eigenvalue weighted by Crippen LogP contribution is 2.34. The third kappa shape index (κ3) is 5.64. The molecule has 34 heavy (non-hydrogen) atoms. The molecular formula is C24H19FN2O4S3. The fourth-order valence-electron chi connectivity index (χ4n) is 3.02. The van der Waals surface area contributed by atoms with Crippen LogP contribution in [0.1, 0.15) is 27.7 Å². The highest BCUT2D eigenvalue weighted by molar-refractivity contribution is 8.26. The third-order valence-corrected chi connectivity index (χ3v) is 6.80. The number of rotatable bonds is 8. The molecule has 1 aliphatic heterocycles. The smallest absolute Gasteiger partial charge is 0.285 e. The van der Waals surface area contributed by atoms with Crippen molar-refractivity contribution in [2.75, 3.05) is 6.61 Å². The number of amides is 2. The number of carbonyl (C=O) groups is 2. The maximum Gasteiger partial charge on any atom is 0.285 e. The van der Waals surface area contributed by atoms with Crippen molar-refractivity contribution >= 4 is 57.5 Å². The second kappa shape index (κ2) is 10.8. The molecule has 0 aliphatic carbocycles. The number of thiocarbonyl (C=S) groups is 1. The SMILES string of the molecule is CCOc1cc(/C=C2\SC(=S)N(NC(=O)c3cccs3)C2=O)ccc1OCc1ccc(F)cc1. The molecule has 0 bridgehead atoms. The summed E-state index contributed by atoms with van der Waals surface area (Å²) in [4.78, 5) is 26.0. The summed E-state index contributed by atoms with van der Waals surface area (Å²) in [6.45, 7) is 2.54. The topological polar surface area (TPSA) is 67.9 Å². The van der Waals surface area contributed by atoms with Crippen molar-refractivity contribution in [3.8, 4) is 11.5 Å². The van der Waals surface area contributed by atoms with Crippen molar-refractivity contribution in [2.24, 2.45) is 0 Å². The van der Waals surface area contributed by atoms with Crippen LogP contribution in [-0.4, -0.2) is 27.8 Å². The zero-order valence-electron chi connectivity index (χ0n) is 17.9. The summed E-state index contributed by atoms with van der Waals surface area (Å²) in [7, 11) is 0. The Morgan fingerprint density at radius 3 is 2.65 bits per heavy atom. The summed E-state index contributed by atoms with van der Waals surface area (Å²) in [5.41, 5.74) is 4.09. The molecule has 1 aromatic heterocycles. The molecule has 1 aliphatic rings. The zero-order chi connectivity index (χ0) is 24.1. The zero-order valence-corrected chi connectivity index (χ0v) is 20.4. The van der Waals surface area contributed by atoms with Crippen LogP contribution in [0.15, 0.2) is 64.9 Å². The van der Waals surface area contributed by atoms with E-state index in [2.05, 4.69) is 5.43 Å². The molecule has 1 N–H and O–H groups in total. The monoisotopic (exact) mass is 514 g/mol. The first kappa shape index (κ1) is 23.9. The number of halogens is 1. The van der Waals surface area contributed by atoms with E-state index in [9.17, 15) is 14.0 Å². The van der Waals surface area contributed by atoms with Crippen LogP contribution < -0.4 is 14.9 Å². The van der Waals surface area contributed by atoms with Crippen LogP contribution in [0.3, 0.4) is 0 Å². The lowest BCUT2D eigenvalue weighted by molar-refractivity contribution is -0.123. The summed E-state index contributed by atoms with van der Waals surface area (Å²) in [6, 6.07) is 14.8. The molecule has 0 saturated carbocycles. The predicted octanol–water partition coefficient (Wildman–Crippen LogP) is 5.41. The summed E-state index contributed by atoms with van der Waals surface area (Å²) in [6.07, 6.45) is 1.68. The number of hydrogen-bond donors (Lipinski definition) is 1. The molecule has 2 heterocycles. The van der Waals surface area contributed by atoms with Crippen molar-refractivity contribution in [3.05, 3.63) is 86.7 Å². The van der Waals surface area contributed by atoms with E-state index >= 15 is 0 Å². The summed E-state index contributed by atoms with van der Waals surface area (Å²) in [5, 5.41) is 2.86. The number of hydrogen-bond acceptors (Lipinski definition) is 7. The molecule has 10 heteroatoms. The van der Waals surface area contributed by atoms with Gasteiger partial charge in [-0.2, -0.15) is 5.01 Å². The van der Waals surface area contributed by atoms with Gasteiger partial charge in [0.25, 0.3) is 11.8 Å². The fraction of sp³-hybridized carbons (Fsp3) is 0.125. The Hall–Kier alpha value is -3.21. The fourth-order valence-corrected chi connectivity index (χ4v) is 4.82. The minimum absolute atomic E-state index is 0.241. The van der Waals surface area contributed by atoms with Crippen LogP contribution in [0.25, 0.3) is 6.08 Å². The van der Waals surface area contributed by atoms with Gasteiger partial charge in [0.15, 0.2) is 15.8 Å². The standard InChI is InChI=1S/C24H19FN2O4S3/c1-2-30-19-12-16(7-10-18(19)31-14-15-5-8-17(25)9-6-15)13-21-23(29)27(24(32)34-21)26-22(28)20-4-3-11-33-20/h3-13H,2,14H2,1H3,(H,26,28)/b21-13-. The lowest BCUT2D eigenvalue weighted by Gasteiger charge is -2.14. The first-order valence-corrected chi connectivity index (χ1v) is 12.3. The molecule has 0 unspecified atom stereocenters. The molecule has 2 amide bonds. The van der Waals surface area contributed by atoms with Gasteiger partial charge in [0, 0.05) is 0 Å². The van der Waals surface area contributed by atoms with Crippen molar-refractivity contribution in [2.45, 2.75) is 13.5 Å². The largest absolute Gasteiger partial charge is 0.490 e. The Bertz CT molecular complexity index is 1240. The molecule has 4 rings (SSSR count). The van der Waals surface area contributed by atoms with Crippen LogP contribution in [-0.2, 0) is 11.4 Å². The Morgan fingerprint density at radius 1 is 1.15 bits per heavy atom. The number of nitrogens with zero attached hydrogens (tertiary/aromatic N) is 1. The molecule has 0 atom stereocenters. The molecule has 174 valence electrons. The van der Waals surface area contributed by atoms with Crippen LogP contribution in [0.4, 0.5) is 4.39 Å². The van der Waals surface area contributed by atoms with Crippen LogP contribution in [0.5, 0.6) is 11.5 Å². The summed E-state index contributed by atoms with van der Waals surface area (Å²) < 4.78 is 24.9. The second-order valence-corrected chi connectivity index (χ2v) is 9.61. The van der Waals surface area contributed by atoms with Gasteiger partial charge >= 0.3 is 0 Å². The quantitative estimate of drug-likeness (QED) is 0.320. The molecule has 0 radical (unpaired) electrons. The minimum atomic E-state index is -0.408. The molecule has 2 aromatic carbocycles. The Labute approximate surface area is 209 Å². The summed E-state index contributed by atoms with van der Waals surface area (Å²) >= 11 is 7.66. The Kier molecular flexibility index (Phi) is 7.61. The number of ether oxygens (including phenoxy) is 2. The van der Waals surface area contributed by atoms with Gasteiger partial charge in [0.2, 0.25) is 0 Å². The molecule has 0 spiro atoms. The normalized spacial score (nSPS) is 14.5. The van der Waals surface area contributed by atoms with Crippen LogP contribution in [0.2, 0.25) is 0 Å². The van der Waals surface area contributed by atoms with Crippen molar-refractivity contribution in [1.29, 1.82) is 0 Å². The van der Waals surface area contributed by atoms with Crippen molar-refractivity contribution in [3.63, 3.8) is 0 Å². The molecule has 1 saturated heterocycles. The maximum absolute atomic E-state index is 13.1. The Balaban J connectivity index is 1.48. The van der Waals surface area contributed by atoms with Gasteiger partial charge < -0.3 is 9.47 Å². The van der Waals surface area contributed by atoms with Gasteiger partial charge in [-0.3, -0.25) is 15.0 Å². The summed E-state index contributed by atoms with van der Waals surface area (Å²) in [5.74, 6) is -0.0677. The minimum Gasteiger partial charge on any atom is -0.490 e. The second-order valence-electron chi connectivity index (χ2n) is 6.99. The lowest BCUT2D eigenvalue weighted by Crippen LogP contribution is -2.44. The van der Waals surface area contributed by atoms with Crippen molar-refractivity contribution < 1.29 is 23.5 Å². The van der Waals surface area contributed by atoms with Gasteiger partial charge in [0.1, 0.15) is 12.4 Å². The van der Waals surface area contributed by atoms with E-state index in [1.54, 1.807) is 53.9 Å². The van der Waals surface area contributed by atoms with Gasteiger partial charge in [-0.15, -0.1) is 11.3 Å². The Morgan fingerprint density at radius 2 is 1.94 bits per heavy atom. The van der Waals surface area contributed by atoms with E-state index < -0.39 is 11.8 Å². The predicted molar refractivity (Wildman–Crippen MR) is 135 cm³/mol. The van der Waals surface area contributed by atoms with E-state index in [-0.39, 0.29) is 16.7 Å². The molecule has 6 nitrogen and oxygen atoms in total. The van der Waals surface area contributed by atoms with Crippen LogP contribution in [0, 0.1) is 5.82 Å². The number of benzene rings is 2. The molecule has 3 aromatic rings. The van der Waals surface area contributed by atoms with E-state index in [0.29, 0.717) is 33.5 Å². The number of nitrogens with one attached hydrogen (secondary N) is 1. The first-order valence-electron chi connectivity index (χ1n) is 10.2. The number of thiophene rings is 1. The lowest BCUT2D eigenvalue weighted by atomic mass is 10.1. The highest BCUT2D eigenvalue weighted by Gasteiger charge is 2.34. The molecule has 1 fully saturated rings. The van der Waals surface area contributed by atoms with E-state index in [1.807, 2.05) is 6.92 Å². The number of hydrazine groups is 1. The first-order chi connectivity index (χ1) is 16.4. The van der Waals surface area contributed by atoms with Gasteiger partial charge in [-0.05, 0) is 72.1 Å². The van der Waals surface area contributed by atoms with E-state index in [1.165, 1.54) is 23.5 Å². The molecular weight excluding hydrogens is 495 g/mol. The third-order valence-electron chi connectivity index (χ3n) is 4.62. The average molecular weight is 515 g/mol. The van der Waals surface area contributed by atoms with Gasteiger partial charge in [-0.1, -0.05) is 36.0 Å². The van der Waals surface area contributed by atoms with Gasteiger partial charge in [-0.25, -0.2) is 4.39 Å². The highest BCUT2D eigenvalue weighted by atomic mass is 32.2. The van der Waals surface area contributed by atoms with Crippen LogP contribution >= 0.6 is 35.3 Å². The number of carbonyl (C=O) groups excluding carboxylic acids is 2.